The van der Waals surface area contributed by atoms with E-state index in [1.54, 1.807) is 0 Å². The molecule has 0 bridgehead atoms. The van der Waals surface area contributed by atoms with Crippen molar-refractivity contribution in [1.29, 1.82) is 31.6 Å². The Morgan fingerprint density at radius 3 is 0.643 bits per heavy atom. The molecule has 0 aliphatic rings. The molecule has 0 saturated heterocycles. The first-order valence-corrected chi connectivity index (χ1v) is 9.53. The first kappa shape index (κ1) is 14.7. The average molecular weight is 414 g/mol. The second-order valence-electron chi connectivity index (χ2n) is 1.70. The van der Waals surface area contributed by atoms with Crippen LogP contribution in [-0.4, -0.2) is 0 Å². The van der Waals surface area contributed by atoms with Crippen LogP contribution < -0.4 is 0 Å². The van der Waals surface area contributed by atoms with Gasteiger partial charge in [-0.15, -0.1) is 0 Å². The van der Waals surface area contributed by atoms with E-state index in [4.69, 9.17) is 31.6 Å². The molecular formula is C6IrN6Zn. The van der Waals surface area contributed by atoms with Crippen molar-refractivity contribution in [3.63, 3.8) is 0 Å². The van der Waals surface area contributed by atoms with Crippen molar-refractivity contribution in [2.75, 3.05) is 0 Å². The molecule has 0 aliphatic heterocycles. The van der Waals surface area contributed by atoms with Gasteiger partial charge >= 0.3 is 91.4 Å². The van der Waals surface area contributed by atoms with E-state index in [9.17, 15) is 0 Å². The number of rotatable bonds is 0. The van der Waals surface area contributed by atoms with E-state index < -0.39 is 12.9 Å². The second kappa shape index (κ2) is 3.17. The van der Waals surface area contributed by atoms with Gasteiger partial charge in [0.1, 0.15) is 0 Å². The maximum absolute atomic E-state index is 8.60. The van der Waals surface area contributed by atoms with Gasteiger partial charge in [-0.2, -0.15) is 0 Å². The number of hydrogen-bond acceptors (Lipinski definition) is 6. The maximum atomic E-state index is 8.60. The largest absolute Gasteiger partial charge is 2.00 e. The predicted molar refractivity (Wildman–Crippen MR) is 33.7 cm³/mol. The van der Waals surface area contributed by atoms with Gasteiger partial charge in [0.05, 0.1) is 0 Å². The van der Waals surface area contributed by atoms with Gasteiger partial charge in [0, 0.05) is 0 Å². The Morgan fingerprint density at radius 1 is 0.500 bits per heavy atom. The SMILES string of the molecule is N#[C][Ir-2]([C]#N)([C]#N)([C]#N)([C]#N)[C]#N.[Zn+2]. The molecule has 0 rings (SSSR count). The summed E-state index contributed by atoms with van der Waals surface area (Å²) in [6.45, 7) is 0. The summed E-state index contributed by atoms with van der Waals surface area (Å²) < 4.78 is 6.44. The number of nitrogens with zero attached hydrogens (tertiary/aromatic N) is 6. The summed E-state index contributed by atoms with van der Waals surface area (Å²) in [5.74, 6) is 0. The smallest absolute Gasteiger partial charge is 2.00 e. The van der Waals surface area contributed by atoms with Crippen LogP contribution >= 0.6 is 0 Å². The minimum atomic E-state index is -6.69. The molecule has 0 saturated carbocycles. The van der Waals surface area contributed by atoms with Gasteiger partial charge in [0.15, 0.2) is 0 Å². The van der Waals surface area contributed by atoms with E-state index in [1.807, 2.05) is 0 Å². The van der Waals surface area contributed by atoms with Gasteiger partial charge in [0.2, 0.25) is 0 Å². The Labute approximate surface area is 91.1 Å². The van der Waals surface area contributed by atoms with Gasteiger partial charge < -0.3 is 0 Å². The fourth-order valence-electron chi connectivity index (χ4n) is 0.250. The third-order valence-corrected chi connectivity index (χ3v) is 9.15. The van der Waals surface area contributed by atoms with Crippen LogP contribution in [-0.2, 0) is 32.3 Å². The molecule has 0 amide bonds. The summed E-state index contributed by atoms with van der Waals surface area (Å²) in [5.41, 5.74) is 0. The molecule has 0 unspecified atom stereocenters. The maximum Gasteiger partial charge on any atom is 2.00 e. The zero-order chi connectivity index (χ0) is 10.7. The molecule has 0 radical (unpaired) electrons. The van der Waals surface area contributed by atoms with E-state index in [1.165, 1.54) is 0 Å². The van der Waals surface area contributed by atoms with Crippen molar-refractivity contribution in [2.45, 2.75) is 0 Å². The molecular weight excluding hydrogens is 414 g/mol. The van der Waals surface area contributed by atoms with Crippen LogP contribution in [0.4, 0.5) is 0 Å². The fourth-order valence-corrected chi connectivity index (χ4v) is 2.05. The van der Waals surface area contributed by atoms with Crippen LogP contribution in [0.3, 0.4) is 0 Å². The molecule has 6 nitrogen and oxygen atoms in total. The first-order chi connectivity index (χ1) is 5.97. The van der Waals surface area contributed by atoms with Gasteiger partial charge in [-0.1, -0.05) is 0 Å². The molecule has 65 valence electrons. The Morgan fingerprint density at radius 2 is 0.643 bits per heavy atom. The molecule has 0 aliphatic carbocycles. The van der Waals surface area contributed by atoms with Crippen LogP contribution in [0.2, 0.25) is 0 Å². The van der Waals surface area contributed by atoms with E-state index in [2.05, 4.69) is 0 Å². The summed E-state index contributed by atoms with van der Waals surface area (Å²) >= 11 is -6.69. The van der Waals surface area contributed by atoms with E-state index in [-0.39, 0.29) is 19.5 Å². The Hall–Kier alpha value is -1.79. The number of hydrogen-bond donors (Lipinski definition) is 0. The van der Waals surface area contributed by atoms with E-state index in [0.29, 0.717) is 0 Å². The third kappa shape index (κ3) is 1.09. The van der Waals surface area contributed by atoms with Crippen LogP contribution in [0.15, 0.2) is 0 Å². The van der Waals surface area contributed by atoms with Crippen molar-refractivity contribution < 1.29 is 32.3 Å². The fraction of sp³-hybridized carbons (Fsp3) is 0. The van der Waals surface area contributed by atoms with E-state index >= 15 is 0 Å². The molecule has 0 N–H and O–H groups in total. The molecule has 0 spiro atoms. The van der Waals surface area contributed by atoms with Gasteiger partial charge in [-0.3, -0.25) is 0 Å². The molecule has 8 heteroatoms. The molecule has 0 heterocycles. The normalized spacial score (nSPS) is 12.4. The van der Waals surface area contributed by atoms with Crippen molar-refractivity contribution in [2.24, 2.45) is 0 Å². The van der Waals surface area contributed by atoms with Crippen molar-refractivity contribution in [3.8, 4) is 27.5 Å². The van der Waals surface area contributed by atoms with Crippen LogP contribution in [0.25, 0.3) is 0 Å². The minimum Gasteiger partial charge on any atom is 2.00 e. The molecule has 0 aromatic rings. The molecule has 0 aromatic carbocycles. The summed E-state index contributed by atoms with van der Waals surface area (Å²) in [6, 6.07) is 0. The summed E-state index contributed by atoms with van der Waals surface area (Å²) in [6.07, 6.45) is 0. The summed E-state index contributed by atoms with van der Waals surface area (Å²) in [4.78, 5) is 0. The molecule has 0 fully saturated rings. The van der Waals surface area contributed by atoms with Crippen LogP contribution in [0.5, 0.6) is 0 Å². The minimum absolute atomic E-state index is 0. The van der Waals surface area contributed by atoms with Crippen LogP contribution in [0, 0.1) is 59.1 Å². The Balaban J connectivity index is 0. The first-order valence-electron chi connectivity index (χ1n) is 2.34. The Kier molecular flexibility index (Phi) is 3.33. The Bertz CT molecular complexity index is 392. The van der Waals surface area contributed by atoms with Gasteiger partial charge in [0.25, 0.3) is 0 Å². The average Bonchev–Trinajstić information content (AvgIpc) is 2.26. The number of nitriles is 6. The summed E-state index contributed by atoms with van der Waals surface area (Å²) in [5, 5.41) is 51.6. The summed E-state index contributed by atoms with van der Waals surface area (Å²) in [7, 11) is 0. The van der Waals surface area contributed by atoms with Crippen LogP contribution in [0.1, 0.15) is 0 Å². The third-order valence-electron chi connectivity index (χ3n) is 1.12. The second-order valence-corrected chi connectivity index (χ2v) is 13.9. The molecule has 0 aromatic heterocycles. The zero-order valence-electron chi connectivity index (χ0n) is 6.72. The van der Waals surface area contributed by atoms with Gasteiger partial charge in [-0.25, -0.2) is 0 Å². The monoisotopic (exact) mass is 413 g/mol. The predicted octanol–water partition coefficient (Wildman–Crippen LogP) is 0.0957. The zero-order valence-corrected chi connectivity index (χ0v) is 12.1. The van der Waals surface area contributed by atoms with Crippen molar-refractivity contribution in [1.82, 2.24) is 0 Å². The van der Waals surface area contributed by atoms with Gasteiger partial charge in [-0.05, 0) is 0 Å². The van der Waals surface area contributed by atoms with Crippen molar-refractivity contribution >= 4 is 0 Å². The van der Waals surface area contributed by atoms with Crippen molar-refractivity contribution in [3.05, 3.63) is 0 Å². The topological polar surface area (TPSA) is 143 Å². The molecule has 0 atom stereocenters. The quantitative estimate of drug-likeness (QED) is 0.515. The standard InChI is InChI=1S/6CN.Ir.Zn/c6*1-2;;/q;;;;;;-2;+2. The molecule has 14 heavy (non-hydrogen) atoms. The van der Waals surface area contributed by atoms with E-state index in [0.717, 1.165) is 27.5 Å².